The largest absolute Gasteiger partial charge is 0.237 e. The highest BCUT2D eigenvalue weighted by Gasteiger charge is 2.37. The monoisotopic (exact) mass is 596 g/mol. The molecule has 4 heterocycles. The van der Waals surface area contributed by atoms with Crippen molar-refractivity contribution in [2.75, 3.05) is 0 Å². The van der Waals surface area contributed by atoms with Gasteiger partial charge in [-0.05, 0) is 59.0 Å². The summed E-state index contributed by atoms with van der Waals surface area (Å²) >= 11 is 10.0. The fraction of sp³-hybridized carbons (Fsp3) is 0.548. The Balaban J connectivity index is 1.90. The minimum absolute atomic E-state index is 0.358. The number of hydrogen-bond donors (Lipinski definition) is 2. The molecule has 2 atom stereocenters. The molecule has 0 saturated heterocycles. The van der Waals surface area contributed by atoms with Crippen LogP contribution in [0.3, 0.4) is 0 Å². The van der Waals surface area contributed by atoms with Crippen molar-refractivity contribution >= 4 is 52.8 Å². The minimum Gasteiger partial charge on any atom is -0.237 e. The van der Waals surface area contributed by atoms with Gasteiger partial charge in [-0.1, -0.05) is 79.1 Å². The predicted molar refractivity (Wildman–Crippen MR) is 181 cm³/mol. The lowest BCUT2D eigenvalue weighted by atomic mass is 9.83. The first-order valence-corrected chi connectivity index (χ1v) is 21.4. The smallest absolute Gasteiger partial charge is 0.114 e. The topological polar surface area (TPSA) is 35.6 Å². The van der Waals surface area contributed by atoms with Gasteiger partial charge in [-0.2, -0.15) is 10.2 Å². The van der Waals surface area contributed by atoms with E-state index in [2.05, 4.69) is 127 Å². The van der Waals surface area contributed by atoms with Gasteiger partial charge in [0.25, 0.3) is 0 Å². The van der Waals surface area contributed by atoms with Crippen LogP contribution >= 0.6 is 25.3 Å². The molecule has 0 aliphatic carbocycles. The summed E-state index contributed by atoms with van der Waals surface area (Å²) in [6, 6.07) is 4.64. The van der Waals surface area contributed by atoms with Crippen molar-refractivity contribution in [2.24, 2.45) is 11.8 Å². The van der Waals surface area contributed by atoms with E-state index in [0.29, 0.717) is 23.7 Å². The molecule has 212 valence electrons. The standard InChI is InChI=1S/C31H48N4S2Si2/c1-19(2)21(5)25-17-27(32-34(25)23-13-15-38(9,10)29(23)36)31(7,8)28-18-26(22(6)20(3)4)35(33-28)24-14-16-39(11,12)30(24)37/h13-22,36-37H,1-12H3. The SMILES string of the molecule is CC(C)C(C)c1cc(C(C)(C)c2cc(C(C)C(C)C)n(C3=C(S)[Si](C)(C)C=C3)n2)nn1C1=C(S)[Si](C)(C)C=C1. The van der Waals surface area contributed by atoms with Crippen LogP contribution in [-0.2, 0) is 5.41 Å². The summed E-state index contributed by atoms with van der Waals surface area (Å²) < 4.78 is 6.74. The van der Waals surface area contributed by atoms with E-state index < -0.39 is 16.1 Å². The third-order valence-electron chi connectivity index (χ3n) is 9.17. The normalized spacial score (nSPS) is 20.3. The minimum atomic E-state index is -1.66. The number of aromatic nitrogens is 4. The molecule has 8 heteroatoms. The number of rotatable bonds is 8. The van der Waals surface area contributed by atoms with Crippen LogP contribution in [0, 0.1) is 11.8 Å². The van der Waals surface area contributed by atoms with Crippen LogP contribution in [0.25, 0.3) is 11.4 Å². The van der Waals surface area contributed by atoms with Crippen molar-refractivity contribution in [3.8, 4) is 0 Å². The maximum Gasteiger partial charge on any atom is 0.114 e. The van der Waals surface area contributed by atoms with Crippen molar-refractivity contribution in [3.05, 3.63) is 67.5 Å². The molecule has 0 radical (unpaired) electrons. The van der Waals surface area contributed by atoms with Crippen molar-refractivity contribution < 1.29 is 0 Å². The first kappa shape index (κ1) is 30.5. The third-order valence-corrected chi connectivity index (χ3v) is 18.0. The van der Waals surface area contributed by atoms with Crippen molar-refractivity contribution in [1.82, 2.24) is 19.6 Å². The van der Waals surface area contributed by atoms with E-state index in [4.69, 9.17) is 35.5 Å². The highest BCUT2D eigenvalue weighted by Crippen LogP contribution is 2.41. The predicted octanol–water partition coefficient (Wildman–Crippen LogP) is 8.83. The fourth-order valence-electron chi connectivity index (χ4n) is 5.14. The lowest BCUT2D eigenvalue weighted by Crippen LogP contribution is -2.23. The summed E-state index contributed by atoms with van der Waals surface area (Å²) in [6.07, 6.45) is 4.48. The lowest BCUT2D eigenvalue weighted by molar-refractivity contribution is 0.511. The fourth-order valence-corrected chi connectivity index (χ4v) is 9.09. The van der Waals surface area contributed by atoms with Crippen molar-refractivity contribution in [3.63, 3.8) is 0 Å². The first-order chi connectivity index (χ1) is 17.9. The average molecular weight is 597 g/mol. The Morgan fingerprint density at radius 2 is 1.00 bits per heavy atom. The van der Waals surface area contributed by atoms with Gasteiger partial charge in [0.15, 0.2) is 0 Å². The zero-order valence-corrected chi connectivity index (χ0v) is 29.7. The molecule has 2 aliphatic rings. The molecule has 2 unspecified atom stereocenters. The molecule has 4 nitrogen and oxygen atoms in total. The molecule has 0 fully saturated rings. The van der Waals surface area contributed by atoms with Crippen molar-refractivity contribution in [2.45, 2.75) is 98.8 Å². The Labute approximate surface area is 249 Å². The summed E-state index contributed by atoms with van der Waals surface area (Å²) in [5.74, 6) is 1.71. The van der Waals surface area contributed by atoms with Gasteiger partial charge < -0.3 is 0 Å². The summed E-state index contributed by atoms with van der Waals surface area (Å²) in [5.41, 5.74) is 11.2. The number of thiol groups is 2. The van der Waals surface area contributed by atoms with Gasteiger partial charge in [0.1, 0.15) is 16.1 Å². The van der Waals surface area contributed by atoms with Crippen LogP contribution < -0.4 is 0 Å². The van der Waals surface area contributed by atoms with Crippen LogP contribution in [0.2, 0.25) is 26.2 Å². The van der Waals surface area contributed by atoms with Gasteiger partial charge in [0.05, 0.1) is 28.2 Å². The second-order valence-corrected chi connectivity index (χ2v) is 24.3. The Hall–Kier alpha value is -1.49. The Bertz CT molecular complexity index is 1300. The van der Waals surface area contributed by atoms with Crippen LogP contribution in [0.5, 0.6) is 0 Å². The van der Waals surface area contributed by atoms with Crippen LogP contribution in [0.15, 0.2) is 44.7 Å². The molecular formula is C31H48N4S2Si2. The van der Waals surface area contributed by atoms with Crippen molar-refractivity contribution in [1.29, 1.82) is 0 Å². The van der Waals surface area contributed by atoms with Gasteiger partial charge in [0.2, 0.25) is 0 Å². The van der Waals surface area contributed by atoms with E-state index in [1.54, 1.807) is 0 Å². The second-order valence-electron chi connectivity index (χ2n) is 14.0. The third kappa shape index (κ3) is 5.31. The first-order valence-electron chi connectivity index (χ1n) is 14.4. The van der Waals surface area contributed by atoms with Crippen LogP contribution in [-0.4, -0.2) is 35.7 Å². The quantitative estimate of drug-likeness (QED) is 0.236. The van der Waals surface area contributed by atoms with Gasteiger partial charge in [0, 0.05) is 23.2 Å². The Kier molecular flexibility index (Phi) is 8.13. The molecule has 0 amide bonds. The molecule has 4 rings (SSSR count). The average Bonchev–Trinajstić information content (AvgIpc) is 3.59. The van der Waals surface area contributed by atoms with E-state index in [1.807, 2.05) is 0 Å². The van der Waals surface area contributed by atoms with E-state index >= 15 is 0 Å². The molecule has 2 aliphatic heterocycles. The number of allylic oxidation sites excluding steroid dienone is 4. The zero-order chi connectivity index (χ0) is 29.2. The van der Waals surface area contributed by atoms with E-state index in [1.165, 1.54) is 20.4 Å². The summed E-state index contributed by atoms with van der Waals surface area (Å²) in [6.45, 7) is 27.7. The molecule has 39 heavy (non-hydrogen) atoms. The maximum absolute atomic E-state index is 5.31. The molecule has 0 spiro atoms. The molecule has 2 aromatic rings. The lowest BCUT2D eigenvalue weighted by Gasteiger charge is -2.20. The van der Waals surface area contributed by atoms with Gasteiger partial charge in [-0.3, -0.25) is 0 Å². The van der Waals surface area contributed by atoms with E-state index in [-0.39, 0.29) is 5.41 Å². The van der Waals surface area contributed by atoms with E-state index in [0.717, 1.165) is 22.8 Å². The van der Waals surface area contributed by atoms with Crippen LogP contribution in [0.4, 0.5) is 0 Å². The maximum atomic E-state index is 5.31. The molecule has 0 saturated carbocycles. The molecule has 0 bridgehead atoms. The van der Waals surface area contributed by atoms with Crippen LogP contribution in [0.1, 0.15) is 90.0 Å². The Morgan fingerprint density at radius 1 is 0.667 bits per heavy atom. The molecule has 0 N–H and O–H groups in total. The number of hydrogen-bond acceptors (Lipinski definition) is 4. The highest BCUT2D eigenvalue weighted by molar-refractivity contribution is 7.88. The number of nitrogens with zero attached hydrogens (tertiary/aromatic N) is 4. The molecule has 2 aromatic heterocycles. The summed E-state index contributed by atoms with van der Waals surface area (Å²) in [5, 5.41) is 10.6. The summed E-state index contributed by atoms with van der Waals surface area (Å²) in [4.78, 5) is 0. The van der Waals surface area contributed by atoms with E-state index in [9.17, 15) is 0 Å². The van der Waals surface area contributed by atoms with Gasteiger partial charge in [-0.25, -0.2) is 9.36 Å². The second kappa shape index (κ2) is 10.4. The van der Waals surface area contributed by atoms with Gasteiger partial charge in [-0.15, -0.1) is 25.3 Å². The summed E-state index contributed by atoms with van der Waals surface area (Å²) in [7, 11) is -3.33. The zero-order valence-electron chi connectivity index (χ0n) is 26.0. The van der Waals surface area contributed by atoms with Gasteiger partial charge >= 0.3 is 0 Å². The Morgan fingerprint density at radius 3 is 1.26 bits per heavy atom. The highest BCUT2D eigenvalue weighted by atomic mass is 32.1. The molecule has 0 aromatic carbocycles. The molecular weight excluding hydrogens is 549 g/mol.